The van der Waals surface area contributed by atoms with Crippen LogP contribution < -0.4 is 11.1 Å². The summed E-state index contributed by atoms with van der Waals surface area (Å²) in [5.41, 5.74) is 7.59. The molecule has 2 rings (SSSR count). The van der Waals surface area contributed by atoms with Gasteiger partial charge in [-0.15, -0.1) is 0 Å². The van der Waals surface area contributed by atoms with Crippen molar-refractivity contribution in [1.29, 1.82) is 0 Å². The fourth-order valence-corrected chi connectivity index (χ4v) is 1.73. The Morgan fingerprint density at radius 3 is 2.94 bits per heavy atom. The Hall–Kier alpha value is -1.95. The number of nitrogens with zero attached hydrogens (tertiary/aromatic N) is 4. The van der Waals surface area contributed by atoms with Gasteiger partial charge >= 0.3 is 0 Å². The van der Waals surface area contributed by atoms with E-state index in [2.05, 4.69) is 27.3 Å². The molecule has 0 aliphatic heterocycles. The minimum absolute atomic E-state index is 0.152. The van der Waals surface area contributed by atoms with Gasteiger partial charge in [0.05, 0.1) is 12.2 Å². The summed E-state index contributed by atoms with van der Waals surface area (Å²) in [6.07, 6.45) is 6.15. The molecular weight excluding hydrogens is 228 g/mol. The van der Waals surface area contributed by atoms with Crippen molar-refractivity contribution in [3.8, 4) is 0 Å². The second-order valence-corrected chi connectivity index (χ2v) is 4.25. The normalized spacial score (nSPS) is 12.4. The maximum atomic E-state index is 5.51. The van der Waals surface area contributed by atoms with Gasteiger partial charge in [-0.2, -0.15) is 5.10 Å². The molecule has 0 saturated heterocycles. The van der Waals surface area contributed by atoms with Gasteiger partial charge in [0.1, 0.15) is 12.1 Å². The summed E-state index contributed by atoms with van der Waals surface area (Å²) in [5, 5.41) is 7.48. The third kappa shape index (κ3) is 3.04. The molecule has 96 valence electrons. The van der Waals surface area contributed by atoms with Crippen LogP contribution in [0.1, 0.15) is 24.2 Å². The van der Waals surface area contributed by atoms with Crippen LogP contribution in [0, 0.1) is 0 Å². The molecule has 3 N–H and O–H groups in total. The number of aryl methyl sites for hydroxylation is 1. The Kier molecular flexibility index (Phi) is 3.88. The molecule has 18 heavy (non-hydrogen) atoms. The third-order valence-corrected chi connectivity index (χ3v) is 2.71. The molecule has 6 heteroatoms. The van der Waals surface area contributed by atoms with Gasteiger partial charge in [-0.25, -0.2) is 9.97 Å². The first kappa shape index (κ1) is 12.5. The van der Waals surface area contributed by atoms with Gasteiger partial charge in [-0.05, 0) is 13.5 Å². The van der Waals surface area contributed by atoms with Gasteiger partial charge in [0.25, 0.3) is 0 Å². The number of hydrogen-bond acceptors (Lipinski definition) is 5. The van der Waals surface area contributed by atoms with Gasteiger partial charge in [-0.1, -0.05) is 0 Å². The average Bonchev–Trinajstić information content (AvgIpc) is 2.77. The lowest BCUT2D eigenvalue weighted by Crippen LogP contribution is -2.09. The van der Waals surface area contributed by atoms with Gasteiger partial charge < -0.3 is 11.1 Å². The Bertz CT molecular complexity index is 507. The molecule has 6 nitrogen and oxygen atoms in total. The van der Waals surface area contributed by atoms with Crippen LogP contribution >= 0.6 is 0 Å². The zero-order chi connectivity index (χ0) is 13.0. The van der Waals surface area contributed by atoms with E-state index < -0.39 is 0 Å². The van der Waals surface area contributed by atoms with Crippen LogP contribution in [0.3, 0.4) is 0 Å². The molecule has 0 fully saturated rings. The zero-order valence-electron chi connectivity index (χ0n) is 10.7. The van der Waals surface area contributed by atoms with E-state index in [1.807, 2.05) is 25.5 Å². The van der Waals surface area contributed by atoms with E-state index in [-0.39, 0.29) is 6.04 Å². The largest absolute Gasteiger partial charge is 0.363 e. The maximum Gasteiger partial charge on any atom is 0.130 e. The molecule has 2 heterocycles. The molecular formula is C12H18N6. The number of hydrogen-bond donors (Lipinski definition) is 2. The second-order valence-electron chi connectivity index (χ2n) is 4.25. The Labute approximate surface area is 106 Å². The number of nitrogens with two attached hydrogens (primary N) is 1. The zero-order valence-corrected chi connectivity index (χ0v) is 10.7. The van der Waals surface area contributed by atoms with E-state index in [0.717, 1.165) is 23.5 Å². The standard InChI is InChI=1S/C12H18N6/c1-9(10-6-16-18(2)7-10)17-12-5-11(3-4-13)14-8-15-12/h5-9H,3-4,13H2,1-2H3,(H,14,15,17). The Morgan fingerprint density at radius 2 is 2.28 bits per heavy atom. The summed E-state index contributed by atoms with van der Waals surface area (Å²) in [7, 11) is 1.90. The van der Waals surface area contributed by atoms with E-state index >= 15 is 0 Å². The first-order chi connectivity index (χ1) is 8.69. The molecule has 1 atom stereocenters. The lowest BCUT2D eigenvalue weighted by atomic mass is 10.2. The fourth-order valence-electron chi connectivity index (χ4n) is 1.73. The maximum absolute atomic E-state index is 5.51. The lowest BCUT2D eigenvalue weighted by Gasteiger charge is -2.13. The van der Waals surface area contributed by atoms with Crippen LogP contribution in [0.15, 0.2) is 24.8 Å². The number of nitrogens with one attached hydrogen (secondary N) is 1. The quantitative estimate of drug-likeness (QED) is 0.818. The topological polar surface area (TPSA) is 81.7 Å². The van der Waals surface area contributed by atoms with Crippen LogP contribution in [0.4, 0.5) is 5.82 Å². The second kappa shape index (κ2) is 5.59. The fraction of sp³-hybridized carbons (Fsp3) is 0.417. The lowest BCUT2D eigenvalue weighted by molar-refractivity contribution is 0.765. The van der Waals surface area contributed by atoms with Crippen LogP contribution in [0.2, 0.25) is 0 Å². The highest BCUT2D eigenvalue weighted by molar-refractivity contribution is 5.37. The predicted octanol–water partition coefficient (Wildman–Crippen LogP) is 0.884. The molecule has 0 amide bonds. The van der Waals surface area contributed by atoms with Gasteiger partial charge in [0, 0.05) is 37.0 Å². The van der Waals surface area contributed by atoms with Crippen molar-refractivity contribution < 1.29 is 0 Å². The Morgan fingerprint density at radius 1 is 1.44 bits per heavy atom. The van der Waals surface area contributed by atoms with Crippen LogP contribution in [0.5, 0.6) is 0 Å². The summed E-state index contributed by atoms with van der Waals surface area (Å²) in [6.45, 7) is 2.66. The van der Waals surface area contributed by atoms with E-state index in [1.165, 1.54) is 0 Å². The molecule has 0 radical (unpaired) electrons. The Balaban J connectivity index is 2.06. The SMILES string of the molecule is CC(Nc1cc(CCN)ncn1)c1cnn(C)c1. The van der Waals surface area contributed by atoms with E-state index in [0.29, 0.717) is 6.54 Å². The minimum atomic E-state index is 0.152. The van der Waals surface area contributed by atoms with Crippen molar-refractivity contribution in [2.24, 2.45) is 12.8 Å². The highest BCUT2D eigenvalue weighted by atomic mass is 15.2. The van der Waals surface area contributed by atoms with E-state index in [9.17, 15) is 0 Å². The van der Waals surface area contributed by atoms with Crippen molar-refractivity contribution >= 4 is 5.82 Å². The molecule has 0 aliphatic rings. The smallest absolute Gasteiger partial charge is 0.130 e. The van der Waals surface area contributed by atoms with Crippen molar-refractivity contribution in [2.75, 3.05) is 11.9 Å². The summed E-state index contributed by atoms with van der Waals surface area (Å²) >= 11 is 0. The number of anilines is 1. The van der Waals surface area contributed by atoms with E-state index in [4.69, 9.17) is 5.73 Å². The first-order valence-electron chi connectivity index (χ1n) is 5.95. The monoisotopic (exact) mass is 246 g/mol. The van der Waals surface area contributed by atoms with E-state index in [1.54, 1.807) is 11.0 Å². The van der Waals surface area contributed by atoms with Crippen LogP contribution in [-0.2, 0) is 13.5 Å². The summed E-state index contributed by atoms with van der Waals surface area (Å²) in [4.78, 5) is 8.37. The number of aromatic nitrogens is 4. The van der Waals surface area contributed by atoms with Crippen molar-refractivity contribution in [3.63, 3.8) is 0 Å². The molecule has 0 spiro atoms. The predicted molar refractivity (Wildman–Crippen MR) is 70.0 cm³/mol. The summed E-state index contributed by atoms with van der Waals surface area (Å²) < 4.78 is 1.79. The molecule has 0 saturated carbocycles. The van der Waals surface area contributed by atoms with Gasteiger partial charge in [-0.3, -0.25) is 4.68 Å². The summed E-state index contributed by atoms with van der Waals surface area (Å²) in [5.74, 6) is 0.810. The van der Waals surface area contributed by atoms with Crippen LogP contribution in [-0.4, -0.2) is 26.3 Å². The van der Waals surface area contributed by atoms with Crippen molar-refractivity contribution in [2.45, 2.75) is 19.4 Å². The highest BCUT2D eigenvalue weighted by Crippen LogP contribution is 2.16. The molecule has 2 aromatic rings. The van der Waals surface area contributed by atoms with Crippen molar-refractivity contribution in [3.05, 3.63) is 36.0 Å². The molecule has 2 aromatic heterocycles. The number of rotatable bonds is 5. The first-order valence-corrected chi connectivity index (χ1v) is 5.95. The molecule has 0 aliphatic carbocycles. The van der Waals surface area contributed by atoms with Crippen LogP contribution in [0.25, 0.3) is 0 Å². The van der Waals surface area contributed by atoms with Gasteiger partial charge in [0.15, 0.2) is 0 Å². The molecule has 0 aromatic carbocycles. The summed E-state index contributed by atoms with van der Waals surface area (Å²) in [6, 6.07) is 2.08. The minimum Gasteiger partial charge on any atom is -0.363 e. The third-order valence-electron chi connectivity index (χ3n) is 2.71. The molecule has 0 bridgehead atoms. The average molecular weight is 246 g/mol. The van der Waals surface area contributed by atoms with Gasteiger partial charge in [0.2, 0.25) is 0 Å². The highest BCUT2D eigenvalue weighted by Gasteiger charge is 2.08. The van der Waals surface area contributed by atoms with Crippen molar-refractivity contribution in [1.82, 2.24) is 19.7 Å². The molecule has 1 unspecified atom stereocenters.